The van der Waals surface area contributed by atoms with Crippen molar-refractivity contribution in [2.24, 2.45) is 5.92 Å². The molecular formula is C11H17ClN2S. The number of aromatic nitrogens is 2. The molecule has 0 N–H and O–H groups in total. The number of hydrogen-bond acceptors (Lipinski definition) is 3. The minimum Gasteiger partial charge on any atom is -0.224 e. The van der Waals surface area contributed by atoms with Gasteiger partial charge >= 0.3 is 0 Å². The van der Waals surface area contributed by atoms with Crippen molar-refractivity contribution in [1.82, 2.24) is 9.36 Å². The van der Waals surface area contributed by atoms with Crippen LogP contribution in [0.2, 0.25) is 0 Å². The first-order chi connectivity index (χ1) is 7.09. The number of hydrogen-bond donors (Lipinski definition) is 0. The van der Waals surface area contributed by atoms with E-state index in [1.54, 1.807) is 0 Å². The molecular weight excluding hydrogens is 228 g/mol. The van der Waals surface area contributed by atoms with E-state index in [4.69, 9.17) is 11.6 Å². The highest BCUT2D eigenvalue weighted by atomic mass is 35.5. The lowest BCUT2D eigenvalue weighted by molar-refractivity contribution is 0.487. The van der Waals surface area contributed by atoms with Crippen molar-refractivity contribution in [3.8, 4) is 0 Å². The second-order valence-corrected chi connectivity index (χ2v) is 6.18. The molecule has 0 bridgehead atoms. The third-order valence-electron chi connectivity index (χ3n) is 2.90. The number of halogens is 1. The molecule has 2 rings (SSSR count). The van der Waals surface area contributed by atoms with Crippen LogP contribution in [-0.2, 0) is 0 Å². The van der Waals surface area contributed by atoms with Crippen molar-refractivity contribution < 1.29 is 0 Å². The summed E-state index contributed by atoms with van der Waals surface area (Å²) in [7, 11) is 0. The van der Waals surface area contributed by atoms with E-state index in [2.05, 4.69) is 23.2 Å². The Morgan fingerprint density at radius 1 is 1.33 bits per heavy atom. The Balaban J connectivity index is 2.17. The molecule has 84 valence electrons. The van der Waals surface area contributed by atoms with Gasteiger partial charge in [0.05, 0.1) is 0 Å². The summed E-state index contributed by atoms with van der Waals surface area (Å²) in [4.78, 5) is 4.64. The van der Waals surface area contributed by atoms with Gasteiger partial charge in [0, 0.05) is 17.2 Å². The summed E-state index contributed by atoms with van der Waals surface area (Å²) < 4.78 is 4.44. The molecule has 1 aromatic rings. The largest absolute Gasteiger partial charge is 0.224 e. The van der Waals surface area contributed by atoms with Gasteiger partial charge in [-0.05, 0) is 37.2 Å². The lowest BCUT2D eigenvalue weighted by Crippen LogP contribution is -2.15. The van der Waals surface area contributed by atoms with Crippen molar-refractivity contribution >= 4 is 23.1 Å². The van der Waals surface area contributed by atoms with Gasteiger partial charge in [-0.1, -0.05) is 13.8 Å². The first-order valence-corrected chi connectivity index (χ1v) is 6.78. The second-order valence-electron chi connectivity index (χ2n) is 4.71. The Hall–Kier alpha value is -0.150. The molecule has 1 aliphatic rings. The molecule has 1 heterocycles. The Bertz CT molecular complexity index is 323. The van der Waals surface area contributed by atoms with E-state index < -0.39 is 0 Å². The molecule has 4 heteroatoms. The second kappa shape index (κ2) is 4.38. The summed E-state index contributed by atoms with van der Waals surface area (Å²) in [6.07, 6.45) is 2.53. The van der Waals surface area contributed by atoms with Crippen molar-refractivity contribution in [3.05, 3.63) is 10.8 Å². The minimum atomic E-state index is 0.130. The Kier molecular flexibility index (Phi) is 3.31. The maximum atomic E-state index is 6.22. The van der Waals surface area contributed by atoms with E-state index in [0.29, 0.717) is 17.8 Å². The third-order valence-corrected chi connectivity index (χ3v) is 4.00. The zero-order chi connectivity index (χ0) is 11.0. The Labute approximate surface area is 100 Å². The Morgan fingerprint density at radius 3 is 2.47 bits per heavy atom. The molecule has 0 radical (unpaired) electrons. The number of alkyl halides is 1. The van der Waals surface area contributed by atoms with Gasteiger partial charge < -0.3 is 0 Å². The van der Waals surface area contributed by atoms with E-state index in [1.165, 1.54) is 24.4 Å². The summed E-state index contributed by atoms with van der Waals surface area (Å²) in [5, 5.41) is 1.25. The van der Waals surface area contributed by atoms with Crippen LogP contribution in [0.25, 0.3) is 0 Å². The molecule has 15 heavy (non-hydrogen) atoms. The summed E-state index contributed by atoms with van der Waals surface area (Å²) in [6.45, 7) is 6.44. The van der Waals surface area contributed by atoms with Gasteiger partial charge in [-0.3, -0.25) is 0 Å². The van der Waals surface area contributed by atoms with Gasteiger partial charge in [-0.2, -0.15) is 4.37 Å². The van der Waals surface area contributed by atoms with Crippen molar-refractivity contribution in [2.45, 2.75) is 50.8 Å². The zero-order valence-corrected chi connectivity index (χ0v) is 11.0. The predicted molar refractivity (Wildman–Crippen MR) is 64.8 cm³/mol. The van der Waals surface area contributed by atoms with Crippen LogP contribution in [0.3, 0.4) is 0 Å². The molecule has 1 aliphatic carbocycles. The van der Waals surface area contributed by atoms with Crippen LogP contribution in [-0.4, -0.2) is 14.7 Å². The molecule has 2 unspecified atom stereocenters. The maximum absolute atomic E-state index is 6.22. The Morgan fingerprint density at radius 2 is 2.00 bits per heavy atom. The summed E-state index contributed by atoms with van der Waals surface area (Å²) in [5.41, 5.74) is 0. The van der Waals surface area contributed by atoms with Crippen LogP contribution in [0.4, 0.5) is 0 Å². The van der Waals surface area contributed by atoms with Gasteiger partial charge in [-0.25, -0.2) is 4.98 Å². The molecule has 1 aromatic heterocycles. The molecule has 1 fully saturated rings. The molecule has 1 saturated carbocycles. The summed E-state index contributed by atoms with van der Waals surface area (Å²) >= 11 is 7.75. The lowest BCUT2D eigenvalue weighted by Gasteiger charge is -2.19. The van der Waals surface area contributed by atoms with E-state index in [1.807, 2.05) is 6.92 Å². The fourth-order valence-electron chi connectivity index (χ4n) is 1.90. The van der Waals surface area contributed by atoms with Gasteiger partial charge in [-0.15, -0.1) is 11.6 Å². The van der Waals surface area contributed by atoms with E-state index >= 15 is 0 Å². The zero-order valence-electron chi connectivity index (χ0n) is 9.40. The van der Waals surface area contributed by atoms with Crippen LogP contribution < -0.4 is 0 Å². The fourth-order valence-corrected chi connectivity index (χ4v) is 3.50. The lowest BCUT2D eigenvalue weighted by atomic mass is 9.93. The molecule has 0 spiro atoms. The molecule has 0 aromatic carbocycles. The quantitative estimate of drug-likeness (QED) is 0.754. The van der Waals surface area contributed by atoms with Crippen LogP contribution in [0, 0.1) is 5.92 Å². The summed E-state index contributed by atoms with van der Waals surface area (Å²) in [5.74, 6) is 2.57. The molecule has 0 amide bonds. The predicted octanol–water partition coefficient (Wildman–Crippen LogP) is 3.78. The average molecular weight is 245 g/mol. The third kappa shape index (κ3) is 2.51. The molecule has 2 atom stereocenters. The summed E-state index contributed by atoms with van der Waals surface area (Å²) in [6, 6.07) is 0. The van der Waals surface area contributed by atoms with E-state index in [9.17, 15) is 0 Å². The van der Waals surface area contributed by atoms with Crippen LogP contribution in [0.1, 0.15) is 56.3 Å². The fraction of sp³-hybridized carbons (Fsp3) is 0.818. The maximum Gasteiger partial charge on any atom is 0.145 e. The van der Waals surface area contributed by atoms with Crippen molar-refractivity contribution in [1.29, 1.82) is 0 Å². The molecule has 0 aliphatic heterocycles. The first-order valence-electron chi connectivity index (χ1n) is 5.57. The van der Waals surface area contributed by atoms with Crippen LogP contribution >= 0.6 is 23.1 Å². The highest BCUT2D eigenvalue weighted by Gasteiger charge is 2.31. The first kappa shape index (κ1) is 11.3. The molecule has 2 nitrogen and oxygen atoms in total. The van der Waals surface area contributed by atoms with Gasteiger partial charge in [0.25, 0.3) is 0 Å². The highest BCUT2D eigenvalue weighted by Crippen LogP contribution is 2.40. The number of nitrogens with zero attached hydrogens (tertiary/aromatic N) is 2. The van der Waals surface area contributed by atoms with Gasteiger partial charge in [0.15, 0.2) is 0 Å². The highest BCUT2D eigenvalue weighted by molar-refractivity contribution is 7.05. The van der Waals surface area contributed by atoms with Gasteiger partial charge in [0.2, 0.25) is 0 Å². The average Bonchev–Trinajstić information content (AvgIpc) is 2.87. The smallest absolute Gasteiger partial charge is 0.145 e. The topological polar surface area (TPSA) is 25.8 Å². The van der Waals surface area contributed by atoms with Crippen molar-refractivity contribution in [2.75, 3.05) is 0 Å². The number of rotatable bonds is 4. The van der Waals surface area contributed by atoms with Gasteiger partial charge in [0.1, 0.15) is 10.8 Å². The van der Waals surface area contributed by atoms with Crippen molar-refractivity contribution in [3.63, 3.8) is 0 Å². The minimum absolute atomic E-state index is 0.130. The van der Waals surface area contributed by atoms with Crippen LogP contribution in [0.5, 0.6) is 0 Å². The SMILES string of the molecule is CC(C)C(c1nc(C2CC2)ns1)C(C)Cl. The van der Waals surface area contributed by atoms with E-state index in [-0.39, 0.29) is 5.38 Å². The van der Waals surface area contributed by atoms with Crippen LogP contribution in [0.15, 0.2) is 0 Å². The monoisotopic (exact) mass is 244 g/mol. The molecule has 0 saturated heterocycles. The normalized spacial score (nSPS) is 20.6. The van der Waals surface area contributed by atoms with E-state index in [0.717, 1.165) is 10.8 Å². The standard InChI is InChI=1S/C11H17ClN2S/c1-6(2)9(7(3)12)11-13-10(14-15-11)8-4-5-8/h6-9H,4-5H2,1-3H3.